The first-order chi connectivity index (χ1) is 8.72. The van der Waals surface area contributed by atoms with E-state index in [1.807, 2.05) is 0 Å². The molecule has 0 amide bonds. The minimum absolute atomic E-state index is 0.460. The Kier molecular flexibility index (Phi) is 3.76. The van der Waals surface area contributed by atoms with Crippen LogP contribution in [0, 0.1) is 17.8 Å². The fraction of sp³-hybridized carbons (Fsp3) is 0.625. The van der Waals surface area contributed by atoms with E-state index in [0.29, 0.717) is 6.04 Å². The summed E-state index contributed by atoms with van der Waals surface area (Å²) in [5.74, 6) is 3.03. The lowest BCUT2D eigenvalue weighted by molar-refractivity contribution is 0.309. The van der Waals surface area contributed by atoms with Crippen molar-refractivity contribution in [3.63, 3.8) is 0 Å². The fourth-order valence-electron chi connectivity index (χ4n) is 3.85. The maximum atomic E-state index is 3.73. The van der Waals surface area contributed by atoms with Crippen molar-refractivity contribution < 1.29 is 0 Å². The quantitative estimate of drug-likeness (QED) is 0.861. The molecule has 2 heteroatoms. The highest BCUT2D eigenvalue weighted by Crippen LogP contribution is 2.48. The molecule has 2 fully saturated rings. The third-order valence-corrected chi connectivity index (χ3v) is 5.41. The molecule has 0 aliphatic heterocycles. The van der Waals surface area contributed by atoms with E-state index >= 15 is 0 Å². The normalized spacial score (nSPS) is 31.8. The summed E-state index contributed by atoms with van der Waals surface area (Å²) in [5, 5.41) is 3.73. The second kappa shape index (κ2) is 5.34. The van der Waals surface area contributed by atoms with Gasteiger partial charge in [-0.05, 0) is 68.2 Å². The average Bonchev–Trinajstić information content (AvgIpc) is 2.98. The van der Waals surface area contributed by atoms with Gasteiger partial charge in [0.1, 0.15) is 0 Å². The molecule has 0 radical (unpaired) electrons. The predicted octanol–water partition coefficient (Wildman–Crippen LogP) is 4.54. The van der Waals surface area contributed by atoms with Crippen LogP contribution < -0.4 is 5.32 Å². The Morgan fingerprint density at radius 2 is 2.22 bits per heavy atom. The van der Waals surface area contributed by atoms with Crippen LogP contribution >= 0.6 is 15.9 Å². The molecule has 98 valence electrons. The molecule has 3 unspecified atom stereocenters. The molecule has 0 aromatic heterocycles. The Morgan fingerprint density at radius 3 is 2.89 bits per heavy atom. The zero-order chi connectivity index (χ0) is 12.5. The molecule has 18 heavy (non-hydrogen) atoms. The van der Waals surface area contributed by atoms with Crippen LogP contribution in [-0.4, -0.2) is 6.54 Å². The van der Waals surface area contributed by atoms with Crippen LogP contribution in [0.5, 0.6) is 0 Å². The van der Waals surface area contributed by atoms with Crippen LogP contribution in [-0.2, 0) is 0 Å². The van der Waals surface area contributed by atoms with E-state index in [1.54, 1.807) is 0 Å². The number of nitrogens with one attached hydrogen (secondary N) is 1. The molecular weight excluding hydrogens is 286 g/mol. The van der Waals surface area contributed by atoms with Gasteiger partial charge in [0, 0.05) is 10.5 Å². The van der Waals surface area contributed by atoms with Crippen LogP contribution in [0.2, 0.25) is 0 Å². The summed E-state index contributed by atoms with van der Waals surface area (Å²) >= 11 is 3.55. The van der Waals surface area contributed by atoms with E-state index in [-0.39, 0.29) is 0 Å². The van der Waals surface area contributed by atoms with Crippen molar-refractivity contribution in [1.82, 2.24) is 5.32 Å². The fourth-order valence-corrected chi connectivity index (χ4v) is 4.27. The molecule has 1 nitrogen and oxygen atoms in total. The second-order valence-corrected chi connectivity index (χ2v) is 7.04. The molecule has 0 heterocycles. The Morgan fingerprint density at radius 1 is 1.33 bits per heavy atom. The number of fused-ring (bicyclic) bond motifs is 2. The Hall–Kier alpha value is -0.340. The van der Waals surface area contributed by atoms with Crippen molar-refractivity contribution in [3.05, 3.63) is 34.3 Å². The van der Waals surface area contributed by atoms with Gasteiger partial charge < -0.3 is 5.32 Å². The third kappa shape index (κ3) is 2.65. The number of rotatable bonds is 4. The molecule has 3 rings (SSSR count). The standard InChI is InChI=1S/C16H22BrN/c1-11(13-3-2-4-16(17)9-13)18-10-15-8-12-5-6-14(15)7-12/h2-4,9,11-12,14-15,18H,5-8,10H2,1H3/t11-,12?,14?,15?/m0/s1. The van der Waals surface area contributed by atoms with Crippen LogP contribution in [0.1, 0.15) is 44.2 Å². The first-order valence-electron chi connectivity index (χ1n) is 7.21. The van der Waals surface area contributed by atoms with Crippen molar-refractivity contribution in [3.8, 4) is 0 Å². The lowest BCUT2D eigenvalue weighted by Gasteiger charge is -2.24. The third-order valence-electron chi connectivity index (χ3n) is 4.92. The van der Waals surface area contributed by atoms with Crippen LogP contribution in [0.15, 0.2) is 28.7 Å². The van der Waals surface area contributed by atoms with Gasteiger partial charge in [0.05, 0.1) is 0 Å². The molecule has 1 aromatic carbocycles. The number of hydrogen-bond acceptors (Lipinski definition) is 1. The maximum Gasteiger partial charge on any atom is 0.0292 e. The first-order valence-corrected chi connectivity index (χ1v) is 8.00. The number of hydrogen-bond donors (Lipinski definition) is 1. The van der Waals surface area contributed by atoms with Crippen molar-refractivity contribution >= 4 is 15.9 Å². The number of halogens is 1. The summed E-state index contributed by atoms with van der Waals surface area (Å²) in [6.45, 7) is 3.48. The minimum Gasteiger partial charge on any atom is -0.310 e. The number of benzene rings is 1. The van der Waals surface area contributed by atoms with E-state index in [9.17, 15) is 0 Å². The molecule has 0 spiro atoms. The molecule has 2 aliphatic carbocycles. The van der Waals surface area contributed by atoms with Gasteiger partial charge in [-0.3, -0.25) is 0 Å². The zero-order valence-electron chi connectivity index (χ0n) is 11.0. The summed E-state index contributed by atoms with van der Waals surface area (Å²) in [7, 11) is 0. The Labute approximate surface area is 118 Å². The molecule has 4 atom stereocenters. The summed E-state index contributed by atoms with van der Waals surface area (Å²) in [5.41, 5.74) is 1.38. The van der Waals surface area contributed by atoms with Gasteiger partial charge in [-0.2, -0.15) is 0 Å². The molecule has 1 N–H and O–H groups in total. The molecule has 1 aromatic rings. The van der Waals surface area contributed by atoms with E-state index < -0.39 is 0 Å². The monoisotopic (exact) mass is 307 g/mol. The summed E-state index contributed by atoms with van der Waals surface area (Å²) in [4.78, 5) is 0. The molecule has 0 saturated heterocycles. The summed E-state index contributed by atoms with van der Waals surface area (Å²) < 4.78 is 1.17. The van der Waals surface area contributed by atoms with E-state index in [1.165, 1.54) is 42.3 Å². The van der Waals surface area contributed by atoms with Crippen LogP contribution in [0.25, 0.3) is 0 Å². The first kappa shape index (κ1) is 12.7. The maximum absolute atomic E-state index is 3.73. The van der Waals surface area contributed by atoms with Gasteiger partial charge in [-0.15, -0.1) is 0 Å². The molecule has 2 bridgehead atoms. The van der Waals surface area contributed by atoms with Gasteiger partial charge in [-0.25, -0.2) is 0 Å². The predicted molar refractivity (Wildman–Crippen MR) is 79.5 cm³/mol. The van der Waals surface area contributed by atoms with E-state index in [2.05, 4.69) is 52.4 Å². The van der Waals surface area contributed by atoms with Crippen LogP contribution in [0.3, 0.4) is 0 Å². The second-order valence-electron chi connectivity index (χ2n) is 6.12. The average molecular weight is 308 g/mol. The molecule has 2 saturated carbocycles. The van der Waals surface area contributed by atoms with E-state index in [0.717, 1.165) is 17.8 Å². The van der Waals surface area contributed by atoms with Gasteiger partial charge >= 0.3 is 0 Å². The highest BCUT2D eigenvalue weighted by molar-refractivity contribution is 9.10. The van der Waals surface area contributed by atoms with Crippen molar-refractivity contribution in [1.29, 1.82) is 0 Å². The minimum atomic E-state index is 0.460. The Balaban J connectivity index is 1.54. The lowest BCUT2D eigenvalue weighted by atomic mass is 9.88. The lowest BCUT2D eigenvalue weighted by Crippen LogP contribution is -2.28. The SMILES string of the molecule is C[C@H](NCC1CC2CCC1C2)c1cccc(Br)c1. The van der Waals surface area contributed by atoms with Gasteiger partial charge in [0.25, 0.3) is 0 Å². The molecule has 2 aliphatic rings. The topological polar surface area (TPSA) is 12.0 Å². The summed E-state index contributed by atoms with van der Waals surface area (Å²) in [6.07, 6.45) is 5.98. The van der Waals surface area contributed by atoms with Gasteiger partial charge in [-0.1, -0.05) is 34.5 Å². The Bertz CT molecular complexity index is 417. The highest BCUT2D eigenvalue weighted by Gasteiger charge is 2.39. The summed E-state index contributed by atoms with van der Waals surface area (Å²) in [6, 6.07) is 9.10. The van der Waals surface area contributed by atoms with Gasteiger partial charge in [0.15, 0.2) is 0 Å². The van der Waals surface area contributed by atoms with Crippen molar-refractivity contribution in [2.45, 2.75) is 38.6 Å². The van der Waals surface area contributed by atoms with Crippen molar-refractivity contribution in [2.75, 3.05) is 6.54 Å². The highest BCUT2D eigenvalue weighted by atomic mass is 79.9. The van der Waals surface area contributed by atoms with Crippen LogP contribution in [0.4, 0.5) is 0 Å². The molecular formula is C16H22BrN. The van der Waals surface area contributed by atoms with Gasteiger partial charge in [0.2, 0.25) is 0 Å². The zero-order valence-corrected chi connectivity index (χ0v) is 12.6. The largest absolute Gasteiger partial charge is 0.310 e. The smallest absolute Gasteiger partial charge is 0.0292 e. The van der Waals surface area contributed by atoms with E-state index in [4.69, 9.17) is 0 Å². The van der Waals surface area contributed by atoms with Crippen molar-refractivity contribution in [2.24, 2.45) is 17.8 Å².